The fourth-order valence-corrected chi connectivity index (χ4v) is 8.35. The van der Waals surface area contributed by atoms with Crippen molar-refractivity contribution in [1.29, 1.82) is 10.5 Å². The standard InChI is InChI=1S/C44H34N4/c45-27-33-18-21-36(24-34(33)28-46)48-41-12-6-4-10-37(41)39-22-19-32(26-44(39)48)30-16-14-29(15-17-30)31-20-23-43-40(25-31)38-11-5-7-13-42(38)47(43)35-8-2-1-3-9-35/h1-2,4-8,10-17,19-20,22-23,25-26,33-34,36H,3,9,18,21,24H2. The largest absolute Gasteiger partial charge is 0.337 e. The molecule has 0 N–H and O–H groups in total. The van der Waals surface area contributed by atoms with Gasteiger partial charge in [-0.1, -0.05) is 91.0 Å². The summed E-state index contributed by atoms with van der Waals surface area (Å²) in [6, 6.07) is 45.0. The third-order valence-corrected chi connectivity index (χ3v) is 10.7. The maximum absolute atomic E-state index is 9.87. The molecule has 0 bridgehead atoms. The van der Waals surface area contributed by atoms with Crippen molar-refractivity contribution in [2.45, 2.75) is 38.1 Å². The summed E-state index contributed by atoms with van der Waals surface area (Å²) < 4.78 is 4.89. The van der Waals surface area contributed by atoms with E-state index >= 15 is 0 Å². The van der Waals surface area contributed by atoms with Gasteiger partial charge in [0.1, 0.15) is 0 Å². The van der Waals surface area contributed by atoms with Crippen molar-refractivity contribution in [3.63, 3.8) is 0 Å². The first-order chi connectivity index (χ1) is 23.7. The molecule has 1 saturated carbocycles. The number of fused-ring (bicyclic) bond motifs is 6. The minimum Gasteiger partial charge on any atom is -0.337 e. The van der Waals surface area contributed by atoms with E-state index in [0.717, 1.165) is 25.7 Å². The quantitative estimate of drug-likeness (QED) is 0.197. The molecule has 9 rings (SSSR count). The molecule has 4 heteroatoms. The van der Waals surface area contributed by atoms with Crippen LogP contribution in [0.5, 0.6) is 0 Å². The minimum absolute atomic E-state index is 0.181. The number of nitrogens with zero attached hydrogens (tertiary/aromatic N) is 4. The average molecular weight is 619 g/mol. The molecule has 230 valence electrons. The topological polar surface area (TPSA) is 57.4 Å². The number of nitriles is 2. The Kier molecular flexibility index (Phi) is 6.77. The van der Waals surface area contributed by atoms with E-state index in [9.17, 15) is 10.5 Å². The predicted molar refractivity (Wildman–Crippen MR) is 197 cm³/mol. The van der Waals surface area contributed by atoms with Gasteiger partial charge >= 0.3 is 0 Å². The zero-order valence-corrected chi connectivity index (χ0v) is 26.7. The van der Waals surface area contributed by atoms with Crippen molar-refractivity contribution >= 4 is 49.3 Å². The SMILES string of the molecule is N#CC1CCC(n2c3ccccc3c3ccc(-c4ccc(-c5ccc6c(c5)c5ccccc5n6C5=CC=CCC5)cc4)cc32)CC1C#N. The van der Waals surface area contributed by atoms with Crippen LogP contribution in [0.15, 0.2) is 127 Å². The molecule has 48 heavy (non-hydrogen) atoms. The van der Waals surface area contributed by atoms with Gasteiger partial charge in [0, 0.05) is 44.3 Å². The summed E-state index contributed by atoms with van der Waals surface area (Å²) in [6.07, 6.45) is 11.2. The highest BCUT2D eigenvalue weighted by Crippen LogP contribution is 2.43. The molecular formula is C44H34N4. The zero-order chi connectivity index (χ0) is 32.2. The van der Waals surface area contributed by atoms with E-state index in [4.69, 9.17) is 0 Å². The minimum atomic E-state index is -0.238. The van der Waals surface area contributed by atoms with Crippen molar-refractivity contribution in [3.8, 4) is 34.4 Å². The Morgan fingerprint density at radius 1 is 0.562 bits per heavy atom. The highest BCUT2D eigenvalue weighted by Gasteiger charge is 2.33. The number of aromatic nitrogens is 2. The highest BCUT2D eigenvalue weighted by molar-refractivity contribution is 6.11. The normalized spacial score (nSPS) is 19.5. The van der Waals surface area contributed by atoms with Gasteiger partial charge in [0.25, 0.3) is 0 Å². The van der Waals surface area contributed by atoms with Crippen molar-refractivity contribution in [1.82, 2.24) is 9.13 Å². The third kappa shape index (κ3) is 4.49. The Bertz CT molecular complexity index is 2530. The van der Waals surface area contributed by atoms with E-state index < -0.39 is 0 Å². The average Bonchev–Trinajstić information content (AvgIpc) is 3.67. The molecule has 3 unspecified atom stereocenters. The van der Waals surface area contributed by atoms with E-state index in [2.05, 4.69) is 149 Å². The van der Waals surface area contributed by atoms with Crippen LogP contribution in [0.4, 0.5) is 0 Å². The van der Waals surface area contributed by atoms with Crippen molar-refractivity contribution in [3.05, 3.63) is 127 Å². The van der Waals surface area contributed by atoms with E-state index in [1.165, 1.54) is 71.6 Å². The summed E-state index contributed by atoms with van der Waals surface area (Å²) in [5.41, 5.74) is 11.0. The van der Waals surface area contributed by atoms with Crippen LogP contribution < -0.4 is 0 Å². The number of hydrogen-bond acceptors (Lipinski definition) is 2. The lowest BCUT2D eigenvalue weighted by atomic mass is 9.78. The number of allylic oxidation sites excluding steroid dienone is 4. The summed E-state index contributed by atoms with van der Waals surface area (Å²) in [6.45, 7) is 0. The second kappa shape index (κ2) is 11.4. The molecule has 0 saturated heterocycles. The van der Waals surface area contributed by atoms with Gasteiger partial charge in [-0.05, 0) is 90.8 Å². The van der Waals surface area contributed by atoms with Crippen LogP contribution in [-0.4, -0.2) is 9.13 Å². The Hall–Kier alpha value is -5.84. The molecule has 2 heterocycles. The van der Waals surface area contributed by atoms with Crippen LogP contribution in [0.3, 0.4) is 0 Å². The molecular weight excluding hydrogens is 585 g/mol. The summed E-state index contributed by atoms with van der Waals surface area (Å²) in [7, 11) is 0. The monoisotopic (exact) mass is 618 g/mol. The van der Waals surface area contributed by atoms with Crippen molar-refractivity contribution < 1.29 is 0 Å². The fraction of sp³-hybridized carbons (Fsp3) is 0.182. The summed E-state index contributed by atoms with van der Waals surface area (Å²) in [5, 5.41) is 24.5. The molecule has 2 aliphatic rings. The highest BCUT2D eigenvalue weighted by atomic mass is 15.0. The molecule has 3 atom stereocenters. The molecule has 7 aromatic rings. The lowest BCUT2D eigenvalue weighted by molar-refractivity contribution is 0.270. The fourth-order valence-electron chi connectivity index (χ4n) is 8.35. The van der Waals surface area contributed by atoms with Crippen LogP contribution in [0.1, 0.15) is 38.1 Å². The van der Waals surface area contributed by atoms with Crippen LogP contribution in [0.25, 0.3) is 71.6 Å². The molecule has 0 aliphatic heterocycles. The number of hydrogen-bond donors (Lipinski definition) is 0. The third-order valence-electron chi connectivity index (χ3n) is 10.7. The number of rotatable bonds is 4. The van der Waals surface area contributed by atoms with Gasteiger partial charge in [0.2, 0.25) is 0 Å². The summed E-state index contributed by atoms with van der Waals surface area (Å²) in [4.78, 5) is 0. The van der Waals surface area contributed by atoms with Gasteiger partial charge in [-0.2, -0.15) is 10.5 Å². The Balaban J connectivity index is 1.10. The lowest BCUT2D eigenvalue weighted by Gasteiger charge is -2.31. The molecule has 2 aromatic heterocycles. The van der Waals surface area contributed by atoms with E-state index in [1.54, 1.807) is 0 Å². The molecule has 2 aliphatic carbocycles. The zero-order valence-electron chi connectivity index (χ0n) is 26.7. The summed E-state index contributed by atoms with van der Waals surface area (Å²) >= 11 is 0. The van der Waals surface area contributed by atoms with Crippen LogP contribution in [0, 0.1) is 34.5 Å². The first-order valence-electron chi connectivity index (χ1n) is 17.0. The van der Waals surface area contributed by atoms with Crippen molar-refractivity contribution in [2.75, 3.05) is 0 Å². The molecule has 0 spiro atoms. The van der Waals surface area contributed by atoms with Gasteiger partial charge in [0.05, 0.1) is 35.0 Å². The van der Waals surface area contributed by atoms with Gasteiger partial charge < -0.3 is 9.13 Å². The van der Waals surface area contributed by atoms with Crippen LogP contribution in [0.2, 0.25) is 0 Å². The predicted octanol–water partition coefficient (Wildman–Crippen LogP) is 11.4. The second-order valence-corrected chi connectivity index (χ2v) is 13.3. The molecule has 5 aromatic carbocycles. The Morgan fingerprint density at radius 3 is 1.92 bits per heavy atom. The molecule has 0 radical (unpaired) electrons. The van der Waals surface area contributed by atoms with Crippen molar-refractivity contribution in [2.24, 2.45) is 11.8 Å². The maximum atomic E-state index is 9.87. The lowest BCUT2D eigenvalue weighted by Crippen LogP contribution is -2.25. The first-order valence-corrected chi connectivity index (χ1v) is 17.0. The first kappa shape index (κ1) is 28.4. The molecule has 0 amide bonds. The smallest absolute Gasteiger partial charge is 0.0670 e. The van der Waals surface area contributed by atoms with Gasteiger partial charge in [0.15, 0.2) is 0 Å². The van der Waals surface area contributed by atoms with E-state index in [0.29, 0.717) is 6.42 Å². The van der Waals surface area contributed by atoms with Gasteiger partial charge in [-0.25, -0.2) is 0 Å². The molecule has 4 nitrogen and oxygen atoms in total. The van der Waals surface area contributed by atoms with E-state index in [1.807, 2.05) is 0 Å². The maximum Gasteiger partial charge on any atom is 0.0670 e. The Labute approximate surface area is 280 Å². The van der Waals surface area contributed by atoms with Crippen LogP contribution >= 0.6 is 0 Å². The van der Waals surface area contributed by atoms with E-state index in [-0.39, 0.29) is 17.9 Å². The summed E-state index contributed by atoms with van der Waals surface area (Å²) in [5.74, 6) is -0.419. The number of para-hydroxylation sites is 2. The number of benzene rings is 5. The Morgan fingerprint density at radius 2 is 1.19 bits per heavy atom. The molecule has 1 fully saturated rings. The van der Waals surface area contributed by atoms with Crippen LogP contribution in [-0.2, 0) is 0 Å². The second-order valence-electron chi connectivity index (χ2n) is 13.3. The van der Waals surface area contributed by atoms with Gasteiger partial charge in [-0.3, -0.25) is 0 Å². The van der Waals surface area contributed by atoms with Gasteiger partial charge in [-0.15, -0.1) is 0 Å².